The van der Waals surface area contributed by atoms with Crippen LogP contribution < -0.4 is 5.32 Å². The summed E-state index contributed by atoms with van der Waals surface area (Å²) in [6, 6.07) is 4.10. The Morgan fingerprint density at radius 3 is 2.75 bits per heavy atom. The Labute approximate surface area is 121 Å². The van der Waals surface area contributed by atoms with Crippen LogP contribution >= 0.6 is 0 Å². The van der Waals surface area contributed by atoms with Crippen LogP contribution in [0.25, 0.3) is 0 Å². The molecule has 1 unspecified atom stereocenters. The molecule has 4 nitrogen and oxygen atoms in total. The first-order valence-electron chi connectivity index (χ1n) is 7.52. The Morgan fingerprint density at radius 1 is 1.50 bits per heavy atom. The fourth-order valence-electron chi connectivity index (χ4n) is 2.51. The highest BCUT2D eigenvalue weighted by Gasteiger charge is 2.32. The number of carbonyl (C=O) groups excluding carboxylic acids is 1. The van der Waals surface area contributed by atoms with Crippen LogP contribution in [0.3, 0.4) is 0 Å². The molecule has 0 radical (unpaired) electrons. The third-order valence-corrected chi connectivity index (χ3v) is 4.12. The van der Waals surface area contributed by atoms with Gasteiger partial charge in [0.15, 0.2) is 0 Å². The van der Waals surface area contributed by atoms with Crippen molar-refractivity contribution in [2.75, 3.05) is 19.4 Å². The second kappa shape index (κ2) is 6.25. The minimum Gasteiger partial charge on any atom is -0.373 e. The molecule has 1 aromatic heterocycles. The molecule has 1 amide bonds. The molecule has 0 bridgehead atoms. The van der Waals surface area contributed by atoms with Gasteiger partial charge in [0.2, 0.25) is 0 Å². The van der Waals surface area contributed by atoms with Gasteiger partial charge in [-0.15, -0.1) is 0 Å². The van der Waals surface area contributed by atoms with E-state index in [9.17, 15) is 4.79 Å². The SMILES string of the molecule is CCCc1cc(C(=O)N(C)C(C)C2CC2)cc(NC)n1. The van der Waals surface area contributed by atoms with Gasteiger partial charge in [-0.05, 0) is 44.2 Å². The summed E-state index contributed by atoms with van der Waals surface area (Å²) in [5, 5.41) is 3.04. The maximum atomic E-state index is 12.6. The minimum atomic E-state index is 0.0978. The molecule has 20 heavy (non-hydrogen) atoms. The average Bonchev–Trinajstić information content (AvgIpc) is 3.29. The fourth-order valence-corrected chi connectivity index (χ4v) is 2.51. The zero-order chi connectivity index (χ0) is 14.7. The predicted molar refractivity (Wildman–Crippen MR) is 82.1 cm³/mol. The highest BCUT2D eigenvalue weighted by molar-refractivity contribution is 5.95. The number of aromatic nitrogens is 1. The van der Waals surface area contributed by atoms with E-state index in [1.165, 1.54) is 12.8 Å². The Kier molecular flexibility index (Phi) is 4.63. The number of hydrogen-bond donors (Lipinski definition) is 1. The number of anilines is 1. The van der Waals surface area contributed by atoms with Gasteiger partial charge in [-0.2, -0.15) is 0 Å². The smallest absolute Gasteiger partial charge is 0.254 e. The summed E-state index contributed by atoms with van der Waals surface area (Å²) >= 11 is 0. The van der Waals surface area contributed by atoms with Crippen LogP contribution in [0.1, 0.15) is 49.2 Å². The first kappa shape index (κ1) is 14.8. The van der Waals surface area contributed by atoms with Gasteiger partial charge in [-0.3, -0.25) is 4.79 Å². The van der Waals surface area contributed by atoms with Crippen LogP contribution in [-0.4, -0.2) is 35.9 Å². The van der Waals surface area contributed by atoms with Gasteiger partial charge < -0.3 is 10.2 Å². The third-order valence-electron chi connectivity index (χ3n) is 4.12. The van der Waals surface area contributed by atoms with Crippen LogP contribution in [0.2, 0.25) is 0 Å². The third kappa shape index (κ3) is 3.30. The first-order chi connectivity index (χ1) is 9.56. The predicted octanol–water partition coefficient (Wildman–Crippen LogP) is 2.95. The van der Waals surface area contributed by atoms with E-state index in [0.717, 1.165) is 29.9 Å². The van der Waals surface area contributed by atoms with Crippen molar-refractivity contribution in [2.45, 2.75) is 45.6 Å². The summed E-state index contributed by atoms with van der Waals surface area (Å²) in [6.45, 7) is 4.26. The van der Waals surface area contributed by atoms with E-state index in [2.05, 4.69) is 24.1 Å². The summed E-state index contributed by atoms with van der Waals surface area (Å²) in [6.07, 6.45) is 4.43. The summed E-state index contributed by atoms with van der Waals surface area (Å²) in [5.74, 6) is 1.55. The van der Waals surface area contributed by atoms with E-state index in [-0.39, 0.29) is 5.91 Å². The van der Waals surface area contributed by atoms with Crippen molar-refractivity contribution in [3.05, 3.63) is 23.4 Å². The Bertz CT molecular complexity index is 483. The van der Waals surface area contributed by atoms with Gasteiger partial charge in [-0.1, -0.05) is 13.3 Å². The summed E-state index contributed by atoms with van der Waals surface area (Å²) in [4.78, 5) is 19.0. The number of carbonyl (C=O) groups is 1. The summed E-state index contributed by atoms with van der Waals surface area (Å²) in [7, 11) is 3.74. The minimum absolute atomic E-state index is 0.0978. The maximum absolute atomic E-state index is 12.6. The van der Waals surface area contributed by atoms with Gasteiger partial charge >= 0.3 is 0 Å². The van der Waals surface area contributed by atoms with Crippen LogP contribution in [-0.2, 0) is 6.42 Å². The number of hydrogen-bond acceptors (Lipinski definition) is 3. The topological polar surface area (TPSA) is 45.2 Å². The zero-order valence-corrected chi connectivity index (χ0v) is 12.9. The van der Waals surface area contributed by atoms with Crippen LogP contribution in [0.5, 0.6) is 0 Å². The second-order valence-corrected chi connectivity index (χ2v) is 5.73. The molecular weight excluding hydrogens is 250 g/mol. The zero-order valence-electron chi connectivity index (χ0n) is 12.9. The number of amides is 1. The van der Waals surface area contributed by atoms with Crippen LogP contribution in [0.15, 0.2) is 12.1 Å². The lowest BCUT2D eigenvalue weighted by molar-refractivity contribution is 0.0727. The molecule has 1 N–H and O–H groups in total. The van der Waals surface area contributed by atoms with Crippen molar-refractivity contribution in [1.82, 2.24) is 9.88 Å². The highest BCUT2D eigenvalue weighted by Crippen LogP contribution is 2.35. The van der Waals surface area contributed by atoms with Crippen molar-refractivity contribution in [2.24, 2.45) is 5.92 Å². The number of aryl methyl sites for hydroxylation is 1. The molecule has 1 aliphatic rings. The lowest BCUT2D eigenvalue weighted by Crippen LogP contribution is -2.36. The lowest BCUT2D eigenvalue weighted by Gasteiger charge is -2.25. The van der Waals surface area contributed by atoms with E-state index < -0.39 is 0 Å². The van der Waals surface area contributed by atoms with Gasteiger partial charge in [0.25, 0.3) is 5.91 Å². The van der Waals surface area contributed by atoms with Gasteiger partial charge in [0.05, 0.1) is 0 Å². The molecule has 2 rings (SSSR count). The number of pyridine rings is 1. The molecular formula is C16H25N3O. The van der Waals surface area contributed by atoms with Gasteiger partial charge in [0, 0.05) is 31.4 Å². The van der Waals surface area contributed by atoms with E-state index in [4.69, 9.17) is 0 Å². The average molecular weight is 275 g/mol. The van der Waals surface area contributed by atoms with Gasteiger partial charge in [-0.25, -0.2) is 4.98 Å². The first-order valence-corrected chi connectivity index (χ1v) is 7.52. The van der Waals surface area contributed by atoms with E-state index >= 15 is 0 Å². The Morgan fingerprint density at radius 2 is 2.20 bits per heavy atom. The number of nitrogens with one attached hydrogen (secondary N) is 1. The molecule has 1 saturated carbocycles. The Balaban J connectivity index is 2.20. The molecule has 4 heteroatoms. The fraction of sp³-hybridized carbons (Fsp3) is 0.625. The summed E-state index contributed by atoms with van der Waals surface area (Å²) < 4.78 is 0. The molecule has 1 aliphatic carbocycles. The van der Waals surface area contributed by atoms with Gasteiger partial charge in [0.1, 0.15) is 5.82 Å². The molecule has 0 spiro atoms. The monoisotopic (exact) mass is 275 g/mol. The standard InChI is InChI=1S/C16H25N3O/c1-5-6-14-9-13(10-15(17-3)18-14)16(20)19(4)11(2)12-7-8-12/h9-12H,5-8H2,1-4H3,(H,17,18). The Hall–Kier alpha value is -1.58. The quantitative estimate of drug-likeness (QED) is 0.868. The van der Waals surface area contributed by atoms with E-state index in [1.54, 1.807) is 0 Å². The summed E-state index contributed by atoms with van der Waals surface area (Å²) in [5.41, 5.74) is 1.72. The van der Waals surface area contributed by atoms with Crippen molar-refractivity contribution in [3.63, 3.8) is 0 Å². The van der Waals surface area contributed by atoms with Crippen molar-refractivity contribution in [3.8, 4) is 0 Å². The highest BCUT2D eigenvalue weighted by atomic mass is 16.2. The van der Waals surface area contributed by atoms with Crippen molar-refractivity contribution >= 4 is 11.7 Å². The molecule has 1 atom stereocenters. The second-order valence-electron chi connectivity index (χ2n) is 5.73. The van der Waals surface area contributed by atoms with E-state index in [1.807, 2.05) is 31.1 Å². The maximum Gasteiger partial charge on any atom is 0.254 e. The van der Waals surface area contributed by atoms with Crippen LogP contribution in [0.4, 0.5) is 5.82 Å². The van der Waals surface area contributed by atoms with Crippen molar-refractivity contribution < 1.29 is 4.79 Å². The molecule has 0 aromatic carbocycles. The lowest BCUT2D eigenvalue weighted by atomic mass is 10.1. The van der Waals surface area contributed by atoms with Crippen molar-refractivity contribution in [1.29, 1.82) is 0 Å². The molecule has 0 aliphatic heterocycles. The van der Waals surface area contributed by atoms with E-state index in [0.29, 0.717) is 12.0 Å². The molecule has 1 aromatic rings. The number of nitrogens with zero attached hydrogens (tertiary/aromatic N) is 2. The molecule has 1 heterocycles. The number of rotatable bonds is 6. The molecule has 1 fully saturated rings. The molecule has 110 valence electrons. The largest absolute Gasteiger partial charge is 0.373 e. The van der Waals surface area contributed by atoms with Crippen LogP contribution in [0, 0.1) is 5.92 Å². The molecule has 0 saturated heterocycles. The normalized spacial score (nSPS) is 15.8.